The van der Waals surface area contributed by atoms with E-state index in [1.165, 1.54) is 31.2 Å². The Labute approximate surface area is 213 Å². The number of hydrogen-bond donors (Lipinski definition) is 1. The highest BCUT2D eigenvalue weighted by Gasteiger charge is 2.55. The Bertz CT molecular complexity index is 1460. The van der Waals surface area contributed by atoms with Crippen molar-refractivity contribution in [1.29, 1.82) is 0 Å². The van der Waals surface area contributed by atoms with Crippen LogP contribution in [-0.2, 0) is 15.4 Å². The van der Waals surface area contributed by atoms with Crippen LogP contribution >= 0.6 is 0 Å². The molecule has 0 amide bonds. The van der Waals surface area contributed by atoms with E-state index in [2.05, 4.69) is 42.8 Å². The highest BCUT2D eigenvalue weighted by molar-refractivity contribution is 7.92. The van der Waals surface area contributed by atoms with E-state index in [1.807, 2.05) is 18.2 Å². The molecule has 3 aliphatic carbocycles. The summed E-state index contributed by atoms with van der Waals surface area (Å²) < 4.78 is 29.8. The SMILES string of the molecule is Cc1cccc(C)c1-c1cc2nc(n1)NS(=O)(=O)c1cccc(c1)C(C1CC3(CC3)C1)CCC21CC1. The number of benzene rings is 2. The van der Waals surface area contributed by atoms with Crippen LogP contribution in [0.2, 0.25) is 0 Å². The Kier molecular flexibility index (Phi) is 4.77. The second-order valence-corrected chi connectivity index (χ2v) is 13.7. The number of nitrogens with zero attached hydrogens (tertiary/aromatic N) is 2. The van der Waals surface area contributed by atoms with Crippen LogP contribution in [0.3, 0.4) is 0 Å². The van der Waals surface area contributed by atoms with Crippen LogP contribution in [-0.4, -0.2) is 18.4 Å². The van der Waals surface area contributed by atoms with Gasteiger partial charge in [0.2, 0.25) is 5.95 Å². The molecule has 1 N–H and O–H groups in total. The highest BCUT2D eigenvalue weighted by Crippen LogP contribution is 2.67. The first-order chi connectivity index (χ1) is 17.3. The maximum Gasteiger partial charge on any atom is 0.264 e. The van der Waals surface area contributed by atoms with Crippen molar-refractivity contribution in [3.8, 4) is 11.3 Å². The minimum Gasteiger partial charge on any atom is -0.247 e. The molecule has 2 heterocycles. The lowest BCUT2D eigenvalue weighted by Crippen LogP contribution is -2.31. The number of anilines is 1. The number of fused-ring (bicyclic) bond motifs is 5. The summed E-state index contributed by atoms with van der Waals surface area (Å²) in [6.45, 7) is 4.17. The average molecular weight is 500 g/mol. The largest absolute Gasteiger partial charge is 0.264 e. The van der Waals surface area contributed by atoms with Gasteiger partial charge in [0.05, 0.1) is 16.3 Å². The zero-order valence-corrected chi connectivity index (χ0v) is 21.9. The molecule has 1 aromatic heterocycles. The molecule has 3 aromatic rings. The van der Waals surface area contributed by atoms with Gasteiger partial charge < -0.3 is 0 Å². The van der Waals surface area contributed by atoms with E-state index in [0.29, 0.717) is 22.1 Å². The van der Waals surface area contributed by atoms with E-state index in [-0.39, 0.29) is 11.4 Å². The van der Waals surface area contributed by atoms with Crippen molar-refractivity contribution >= 4 is 16.0 Å². The summed E-state index contributed by atoms with van der Waals surface area (Å²) in [7, 11) is -3.81. The van der Waals surface area contributed by atoms with Crippen molar-refractivity contribution in [2.24, 2.45) is 11.3 Å². The van der Waals surface area contributed by atoms with Gasteiger partial charge in [0, 0.05) is 11.0 Å². The number of aryl methyl sites for hydroxylation is 2. The fraction of sp³-hybridized carbons (Fsp3) is 0.467. The summed E-state index contributed by atoms with van der Waals surface area (Å²) in [6.07, 6.45) is 9.72. The summed E-state index contributed by atoms with van der Waals surface area (Å²) in [5.41, 5.74) is 6.93. The van der Waals surface area contributed by atoms with Crippen LogP contribution in [0.5, 0.6) is 0 Å². The highest BCUT2D eigenvalue weighted by atomic mass is 32.2. The van der Waals surface area contributed by atoms with Gasteiger partial charge in [-0.15, -0.1) is 0 Å². The number of rotatable bonds is 2. The third-order valence-corrected chi connectivity index (χ3v) is 10.9. The summed E-state index contributed by atoms with van der Waals surface area (Å²) >= 11 is 0. The van der Waals surface area contributed by atoms with Crippen molar-refractivity contribution in [2.45, 2.75) is 81.4 Å². The first-order valence-electron chi connectivity index (χ1n) is 13.4. The average Bonchev–Trinajstić information content (AvgIpc) is 3.73. The maximum absolute atomic E-state index is 13.5. The maximum atomic E-state index is 13.5. The zero-order valence-electron chi connectivity index (χ0n) is 21.0. The zero-order chi connectivity index (χ0) is 24.7. The van der Waals surface area contributed by atoms with Crippen LogP contribution in [0.4, 0.5) is 5.95 Å². The summed E-state index contributed by atoms with van der Waals surface area (Å²) in [4.78, 5) is 9.88. The van der Waals surface area contributed by atoms with Crippen LogP contribution in [0.1, 0.15) is 79.7 Å². The fourth-order valence-electron chi connectivity index (χ4n) is 7.02. The molecule has 1 unspecified atom stereocenters. The van der Waals surface area contributed by atoms with Crippen molar-refractivity contribution in [3.05, 3.63) is 70.9 Å². The second kappa shape index (κ2) is 7.64. The van der Waals surface area contributed by atoms with Crippen LogP contribution in [0.15, 0.2) is 53.4 Å². The smallest absolute Gasteiger partial charge is 0.247 e. The van der Waals surface area contributed by atoms with Gasteiger partial charge in [0.15, 0.2) is 0 Å². The Morgan fingerprint density at radius 3 is 2.31 bits per heavy atom. The van der Waals surface area contributed by atoms with Gasteiger partial charge in [-0.1, -0.05) is 30.3 Å². The fourth-order valence-corrected chi connectivity index (χ4v) is 8.01. The number of hydrogen-bond acceptors (Lipinski definition) is 4. The van der Waals surface area contributed by atoms with Crippen molar-refractivity contribution < 1.29 is 8.42 Å². The molecule has 0 radical (unpaired) electrons. The molecular weight excluding hydrogens is 466 g/mol. The quantitative estimate of drug-likeness (QED) is 0.428. The molecule has 0 saturated heterocycles. The van der Waals surface area contributed by atoms with E-state index in [4.69, 9.17) is 9.97 Å². The molecule has 7 rings (SSSR count). The molecule has 1 atom stereocenters. The Morgan fingerprint density at radius 2 is 1.61 bits per heavy atom. The summed E-state index contributed by atoms with van der Waals surface area (Å²) in [5.74, 6) is 1.24. The summed E-state index contributed by atoms with van der Waals surface area (Å²) in [6, 6.07) is 16.0. The molecule has 4 aliphatic rings. The molecule has 5 nitrogen and oxygen atoms in total. The Morgan fingerprint density at radius 1 is 0.889 bits per heavy atom. The monoisotopic (exact) mass is 499 g/mol. The molecule has 2 spiro atoms. The second-order valence-electron chi connectivity index (χ2n) is 12.0. The van der Waals surface area contributed by atoms with Gasteiger partial charge in [-0.2, -0.15) is 0 Å². The predicted octanol–water partition coefficient (Wildman–Crippen LogP) is 6.66. The standard InChI is InChI=1S/C30H33N3O2S/c1-19-5-3-6-20(2)27(19)25-16-26-30(13-14-30)10-9-24(22-17-29(18-22)11-12-29)21-7-4-8-23(15-21)36(34,35)33-28(31-25)32-26/h3-8,15-16,22,24H,9-14,17-18H2,1-2H3,(H,31,32,33). The minimum absolute atomic E-state index is 0.0184. The third-order valence-electron chi connectivity index (χ3n) is 9.53. The van der Waals surface area contributed by atoms with Gasteiger partial charge in [-0.3, -0.25) is 0 Å². The van der Waals surface area contributed by atoms with Gasteiger partial charge >= 0.3 is 0 Å². The molecule has 3 saturated carbocycles. The number of sulfonamides is 1. The molecule has 3 fully saturated rings. The van der Waals surface area contributed by atoms with E-state index < -0.39 is 10.0 Å². The third kappa shape index (κ3) is 3.68. The van der Waals surface area contributed by atoms with Crippen molar-refractivity contribution in [1.82, 2.24) is 9.97 Å². The molecular formula is C30H33N3O2S. The molecule has 36 heavy (non-hydrogen) atoms. The lowest BCUT2D eigenvalue weighted by molar-refractivity contribution is 0.130. The Balaban J connectivity index is 1.35. The van der Waals surface area contributed by atoms with E-state index in [0.717, 1.165) is 53.8 Å². The van der Waals surface area contributed by atoms with Crippen LogP contribution in [0, 0.1) is 25.2 Å². The van der Waals surface area contributed by atoms with Crippen molar-refractivity contribution in [2.75, 3.05) is 4.72 Å². The first-order valence-corrected chi connectivity index (χ1v) is 14.8. The van der Waals surface area contributed by atoms with E-state index in [9.17, 15) is 8.42 Å². The normalized spacial score (nSPS) is 24.8. The first kappa shape index (κ1) is 22.5. The van der Waals surface area contributed by atoms with Crippen LogP contribution < -0.4 is 4.72 Å². The summed E-state index contributed by atoms with van der Waals surface area (Å²) in [5, 5.41) is 0. The van der Waals surface area contributed by atoms with Gasteiger partial charge in [-0.05, 0) is 117 Å². The number of nitrogens with one attached hydrogen (secondary N) is 1. The van der Waals surface area contributed by atoms with Crippen LogP contribution in [0.25, 0.3) is 11.3 Å². The molecule has 2 aromatic carbocycles. The van der Waals surface area contributed by atoms with Gasteiger partial charge in [-0.25, -0.2) is 23.1 Å². The van der Waals surface area contributed by atoms with Crippen molar-refractivity contribution in [3.63, 3.8) is 0 Å². The number of aromatic nitrogens is 2. The predicted molar refractivity (Wildman–Crippen MR) is 141 cm³/mol. The molecule has 186 valence electrons. The minimum atomic E-state index is -3.81. The molecule has 1 aliphatic heterocycles. The lowest BCUT2D eigenvalue weighted by atomic mass is 9.63. The topological polar surface area (TPSA) is 72.0 Å². The lowest BCUT2D eigenvalue weighted by Gasteiger charge is -2.42. The van der Waals surface area contributed by atoms with E-state index >= 15 is 0 Å². The molecule has 6 heteroatoms. The van der Waals surface area contributed by atoms with Gasteiger partial charge in [0.25, 0.3) is 10.0 Å². The Hall–Kier alpha value is -2.73. The molecule has 4 bridgehead atoms. The van der Waals surface area contributed by atoms with Gasteiger partial charge in [0.1, 0.15) is 0 Å². The van der Waals surface area contributed by atoms with E-state index in [1.54, 1.807) is 6.07 Å².